The standard InChI is InChI=1S/C16H16N2O4/c1-9-8-15(18-22-9)17-16(20)10(2)21-14-5-3-4-11-12(14)6-7-13(11)19/h3-5,8,10H,6-7H2,1-2H3,(H,17,18,20). The van der Waals surface area contributed by atoms with E-state index in [2.05, 4.69) is 10.5 Å². The minimum Gasteiger partial charge on any atom is -0.481 e. The van der Waals surface area contributed by atoms with Crippen molar-refractivity contribution in [2.24, 2.45) is 0 Å². The molecule has 3 rings (SSSR count). The van der Waals surface area contributed by atoms with Crippen molar-refractivity contribution in [1.29, 1.82) is 0 Å². The van der Waals surface area contributed by atoms with E-state index in [0.717, 1.165) is 5.56 Å². The molecule has 22 heavy (non-hydrogen) atoms. The van der Waals surface area contributed by atoms with Crippen molar-refractivity contribution in [3.05, 3.63) is 41.2 Å². The summed E-state index contributed by atoms with van der Waals surface area (Å²) in [5, 5.41) is 6.33. The van der Waals surface area contributed by atoms with Crippen molar-refractivity contribution in [2.75, 3.05) is 5.32 Å². The van der Waals surface area contributed by atoms with Gasteiger partial charge in [0.05, 0.1) is 0 Å². The first-order chi connectivity index (χ1) is 10.5. The third-order valence-corrected chi connectivity index (χ3v) is 3.59. The van der Waals surface area contributed by atoms with Gasteiger partial charge in [-0.05, 0) is 26.3 Å². The highest BCUT2D eigenvalue weighted by Crippen LogP contribution is 2.31. The van der Waals surface area contributed by atoms with Crippen LogP contribution in [0.3, 0.4) is 0 Å². The van der Waals surface area contributed by atoms with Gasteiger partial charge in [-0.2, -0.15) is 0 Å². The van der Waals surface area contributed by atoms with Crippen molar-refractivity contribution < 1.29 is 18.8 Å². The fourth-order valence-corrected chi connectivity index (χ4v) is 2.47. The molecule has 1 amide bonds. The number of nitrogens with one attached hydrogen (secondary N) is 1. The van der Waals surface area contributed by atoms with Crippen LogP contribution < -0.4 is 10.1 Å². The molecule has 0 spiro atoms. The summed E-state index contributed by atoms with van der Waals surface area (Å²) in [5.41, 5.74) is 1.57. The maximum absolute atomic E-state index is 12.1. The van der Waals surface area contributed by atoms with Crippen LogP contribution in [0.25, 0.3) is 0 Å². The first kappa shape index (κ1) is 14.3. The quantitative estimate of drug-likeness (QED) is 0.938. The maximum atomic E-state index is 12.1. The van der Waals surface area contributed by atoms with Gasteiger partial charge in [-0.1, -0.05) is 17.3 Å². The third kappa shape index (κ3) is 2.72. The summed E-state index contributed by atoms with van der Waals surface area (Å²) in [7, 11) is 0. The predicted octanol–water partition coefficient (Wildman–Crippen LogP) is 2.52. The highest BCUT2D eigenvalue weighted by molar-refractivity contribution is 6.01. The molecule has 1 aromatic carbocycles. The second kappa shape index (κ2) is 5.63. The monoisotopic (exact) mass is 300 g/mol. The van der Waals surface area contributed by atoms with Crippen molar-refractivity contribution in [3.63, 3.8) is 0 Å². The van der Waals surface area contributed by atoms with E-state index < -0.39 is 6.10 Å². The van der Waals surface area contributed by atoms with Crippen molar-refractivity contribution in [1.82, 2.24) is 5.16 Å². The van der Waals surface area contributed by atoms with E-state index in [1.54, 1.807) is 38.1 Å². The second-order valence-corrected chi connectivity index (χ2v) is 5.28. The first-order valence-electron chi connectivity index (χ1n) is 7.10. The molecule has 1 heterocycles. The average Bonchev–Trinajstić information content (AvgIpc) is 3.06. The Kier molecular flexibility index (Phi) is 3.66. The van der Waals surface area contributed by atoms with Crippen LogP contribution in [0.4, 0.5) is 5.82 Å². The van der Waals surface area contributed by atoms with E-state index in [0.29, 0.717) is 35.7 Å². The van der Waals surface area contributed by atoms with Crippen LogP contribution in [0.2, 0.25) is 0 Å². The van der Waals surface area contributed by atoms with Gasteiger partial charge in [-0.25, -0.2) is 0 Å². The summed E-state index contributed by atoms with van der Waals surface area (Å²) >= 11 is 0. The molecule has 114 valence electrons. The summed E-state index contributed by atoms with van der Waals surface area (Å²) in [6, 6.07) is 6.97. The van der Waals surface area contributed by atoms with Crippen LogP contribution in [0, 0.1) is 6.92 Å². The molecule has 1 aromatic heterocycles. The average molecular weight is 300 g/mol. The summed E-state index contributed by atoms with van der Waals surface area (Å²) in [5.74, 6) is 1.35. The molecule has 0 bridgehead atoms. The number of benzene rings is 1. The molecule has 0 aliphatic heterocycles. The molecule has 1 atom stereocenters. The molecule has 1 aliphatic rings. The van der Waals surface area contributed by atoms with Crippen LogP contribution in [-0.4, -0.2) is 23.0 Å². The van der Waals surface area contributed by atoms with Gasteiger partial charge in [0.1, 0.15) is 11.5 Å². The van der Waals surface area contributed by atoms with Crippen LogP contribution >= 0.6 is 0 Å². The van der Waals surface area contributed by atoms with E-state index in [1.807, 2.05) is 0 Å². The SMILES string of the molecule is Cc1cc(NC(=O)C(C)Oc2cccc3c2CCC3=O)no1. The Morgan fingerprint density at radius 3 is 2.95 bits per heavy atom. The lowest BCUT2D eigenvalue weighted by Gasteiger charge is -2.16. The van der Waals surface area contributed by atoms with E-state index >= 15 is 0 Å². The number of anilines is 1. The predicted molar refractivity (Wildman–Crippen MR) is 79.1 cm³/mol. The Morgan fingerprint density at radius 1 is 1.41 bits per heavy atom. The number of hydrogen-bond acceptors (Lipinski definition) is 5. The molecule has 0 saturated heterocycles. The number of rotatable bonds is 4. The zero-order chi connectivity index (χ0) is 15.7. The van der Waals surface area contributed by atoms with E-state index in [9.17, 15) is 9.59 Å². The minimum atomic E-state index is -0.709. The summed E-state index contributed by atoms with van der Waals surface area (Å²) in [6.45, 7) is 3.39. The van der Waals surface area contributed by atoms with Gasteiger partial charge in [0, 0.05) is 23.6 Å². The Balaban J connectivity index is 1.71. The largest absolute Gasteiger partial charge is 0.481 e. The molecule has 2 aromatic rings. The summed E-state index contributed by atoms with van der Waals surface area (Å²) < 4.78 is 10.6. The van der Waals surface area contributed by atoms with Gasteiger partial charge in [-0.15, -0.1) is 0 Å². The van der Waals surface area contributed by atoms with Crippen LogP contribution in [0.15, 0.2) is 28.8 Å². The first-order valence-corrected chi connectivity index (χ1v) is 7.10. The molecule has 6 nitrogen and oxygen atoms in total. The molecule has 0 radical (unpaired) electrons. The van der Waals surface area contributed by atoms with E-state index in [1.165, 1.54) is 0 Å². The van der Waals surface area contributed by atoms with E-state index in [-0.39, 0.29) is 11.7 Å². The number of nitrogens with zero attached hydrogens (tertiary/aromatic N) is 1. The number of Topliss-reactive ketones (excluding diaryl/α,β-unsaturated/α-hetero) is 1. The van der Waals surface area contributed by atoms with Crippen LogP contribution in [0.1, 0.15) is 35.0 Å². The lowest BCUT2D eigenvalue weighted by molar-refractivity contribution is -0.122. The van der Waals surface area contributed by atoms with Crippen molar-refractivity contribution >= 4 is 17.5 Å². The normalized spacial score (nSPS) is 14.5. The number of fused-ring (bicyclic) bond motifs is 1. The van der Waals surface area contributed by atoms with Crippen molar-refractivity contribution in [3.8, 4) is 5.75 Å². The van der Waals surface area contributed by atoms with Crippen LogP contribution in [0.5, 0.6) is 5.75 Å². The van der Waals surface area contributed by atoms with Gasteiger partial charge in [-0.3, -0.25) is 9.59 Å². The zero-order valence-electron chi connectivity index (χ0n) is 12.4. The Morgan fingerprint density at radius 2 is 2.23 bits per heavy atom. The Hall–Kier alpha value is -2.63. The highest BCUT2D eigenvalue weighted by Gasteiger charge is 2.25. The lowest BCUT2D eigenvalue weighted by atomic mass is 10.1. The molecule has 0 saturated carbocycles. The lowest BCUT2D eigenvalue weighted by Crippen LogP contribution is -2.30. The van der Waals surface area contributed by atoms with Gasteiger partial charge in [0.15, 0.2) is 17.7 Å². The second-order valence-electron chi connectivity index (χ2n) is 5.28. The molecular weight excluding hydrogens is 284 g/mol. The Bertz CT molecular complexity index is 735. The number of aromatic nitrogens is 1. The molecule has 1 N–H and O–H groups in total. The highest BCUT2D eigenvalue weighted by atomic mass is 16.5. The molecule has 1 aliphatic carbocycles. The number of carbonyl (C=O) groups is 2. The van der Waals surface area contributed by atoms with Gasteiger partial charge in [0.25, 0.3) is 5.91 Å². The molecule has 0 fully saturated rings. The van der Waals surface area contributed by atoms with Gasteiger partial charge >= 0.3 is 0 Å². The fourth-order valence-electron chi connectivity index (χ4n) is 2.47. The zero-order valence-corrected chi connectivity index (χ0v) is 12.4. The number of ketones is 1. The fraction of sp³-hybridized carbons (Fsp3) is 0.312. The summed E-state index contributed by atoms with van der Waals surface area (Å²) in [6.07, 6.45) is 0.439. The Labute approximate surface area is 127 Å². The summed E-state index contributed by atoms with van der Waals surface area (Å²) in [4.78, 5) is 23.8. The van der Waals surface area contributed by atoms with Gasteiger partial charge in [0.2, 0.25) is 0 Å². The number of aryl methyl sites for hydroxylation is 1. The number of ether oxygens (including phenoxy) is 1. The van der Waals surface area contributed by atoms with Crippen molar-refractivity contribution in [2.45, 2.75) is 32.8 Å². The van der Waals surface area contributed by atoms with Crippen LogP contribution in [-0.2, 0) is 11.2 Å². The van der Waals surface area contributed by atoms with Gasteiger partial charge < -0.3 is 14.6 Å². The minimum absolute atomic E-state index is 0.121. The third-order valence-electron chi connectivity index (χ3n) is 3.59. The number of carbonyl (C=O) groups excluding carboxylic acids is 2. The maximum Gasteiger partial charge on any atom is 0.266 e. The van der Waals surface area contributed by atoms with E-state index in [4.69, 9.17) is 9.26 Å². The molecule has 6 heteroatoms. The molecular formula is C16H16N2O4. The number of hydrogen-bond donors (Lipinski definition) is 1. The molecule has 1 unspecified atom stereocenters. The topological polar surface area (TPSA) is 81.4 Å². The number of amides is 1. The smallest absolute Gasteiger partial charge is 0.266 e.